The van der Waals surface area contributed by atoms with Crippen LogP contribution >= 0.6 is 0 Å². The summed E-state index contributed by atoms with van der Waals surface area (Å²) >= 11 is 0. The molecule has 3 aliphatic rings. The molecule has 2 aromatic heterocycles. The zero-order valence-corrected chi connectivity index (χ0v) is 26.8. The van der Waals surface area contributed by atoms with Crippen molar-refractivity contribution in [3.05, 3.63) is 58.4 Å². The fourth-order valence-electron chi connectivity index (χ4n) is 6.10. The van der Waals surface area contributed by atoms with Crippen molar-refractivity contribution in [2.45, 2.75) is 111 Å². The Balaban J connectivity index is 1.58. The highest BCUT2D eigenvalue weighted by Crippen LogP contribution is 2.38. The highest BCUT2D eigenvalue weighted by Gasteiger charge is 2.38. The summed E-state index contributed by atoms with van der Waals surface area (Å²) in [7, 11) is 0. The SMILES string of the molecule is CCOC(=O)[C@@H](OC(C)(C)C)c1c(C)nc2cc3nn2c1N1CCC(C)(CC1)OCCCCCc1ccccc1COC3. The molecule has 0 radical (unpaired) electrons. The Labute approximate surface area is 255 Å². The van der Waals surface area contributed by atoms with Crippen molar-refractivity contribution in [2.75, 3.05) is 31.2 Å². The number of rotatable bonds is 4. The summed E-state index contributed by atoms with van der Waals surface area (Å²) in [6, 6.07) is 10.5. The van der Waals surface area contributed by atoms with Crippen LogP contribution in [0.2, 0.25) is 0 Å². The Morgan fingerprint density at radius 3 is 2.56 bits per heavy atom. The summed E-state index contributed by atoms with van der Waals surface area (Å²) in [6.07, 6.45) is 5.13. The molecule has 0 aliphatic carbocycles. The Morgan fingerprint density at radius 1 is 1.09 bits per heavy atom. The number of aromatic nitrogens is 3. The normalized spacial score (nSPS) is 19.0. The van der Waals surface area contributed by atoms with E-state index in [0.29, 0.717) is 24.4 Å². The monoisotopic (exact) mass is 592 g/mol. The standard InChI is InChI=1S/C34H48N4O5/c1-7-41-32(39)30(43-33(3,4)5)29-24(2)35-28-21-27-23-40-22-26-15-11-10-14-25(26)13-9-8-12-20-42-34(6)16-18-37(19-17-34)31(29)38(28)36-27/h10-11,14-15,21,30H,7-9,12-13,16-20,22-23H2,1-6H3/t30-/m0/s1. The Kier molecular flexibility index (Phi) is 9.73. The second kappa shape index (κ2) is 13.3. The topological polar surface area (TPSA) is 87.4 Å². The second-order valence-electron chi connectivity index (χ2n) is 13.1. The molecule has 3 aliphatic heterocycles. The van der Waals surface area contributed by atoms with E-state index in [1.807, 2.05) is 45.2 Å². The highest BCUT2D eigenvalue weighted by atomic mass is 16.6. The van der Waals surface area contributed by atoms with Crippen LogP contribution in [0.3, 0.4) is 0 Å². The Bertz CT molecular complexity index is 1400. The molecule has 0 amide bonds. The van der Waals surface area contributed by atoms with Crippen LogP contribution in [0.1, 0.15) is 101 Å². The van der Waals surface area contributed by atoms with E-state index in [9.17, 15) is 4.79 Å². The summed E-state index contributed by atoms with van der Waals surface area (Å²) < 4.78 is 26.5. The smallest absolute Gasteiger partial charge is 0.340 e. The fourth-order valence-corrected chi connectivity index (χ4v) is 6.10. The number of hydrogen-bond acceptors (Lipinski definition) is 8. The van der Waals surface area contributed by atoms with Crippen molar-refractivity contribution in [3.8, 4) is 0 Å². The van der Waals surface area contributed by atoms with Crippen molar-refractivity contribution < 1.29 is 23.7 Å². The van der Waals surface area contributed by atoms with E-state index in [-0.39, 0.29) is 12.2 Å². The number of hydrogen-bond donors (Lipinski definition) is 0. The van der Waals surface area contributed by atoms with Crippen LogP contribution in [0.4, 0.5) is 5.82 Å². The molecule has 5 heterocycles. The summed E-state index contributed by atoms with van der Waals surface area (Å²) in [6.45, 7) is 15.2. The summed E-state index contributed by atoms with van der Waals surface area (Å²) in [4.78, 5) is 20.7. The van der Waals surface area contributed by atoms with Crippen LogP contribution in [-0.2, 0) is 43.4 Å². The number of nitrogens with zero attached hydrogens (tertiary/aromatic N) is 4. The van der Waals surface area contributed by atoms with E-state index in [0.717, 1.165) is 75.4 Å². The summed E-state index contributed by atoms with van der Waals surface area (Å²) in [5, 5.41) is 5.00. The average molecular weight is 593 g/mol. The van der Waals surface area contributed by atoms with Gasteiger partial charge in [-0.05, 0) is 84.8 Å². The van der Waals surface area contributed by atoms with Gasteiger partial charge in [0.15, 0.2) is 11.8 Å². The quantitative estimate of drug-likeness (QED) is 0.328. The molecular formula is C34H48N4O5. The predicted molar refractivity (Wildman–Crippen MR) is 166 cm³/mol. The first-order valence-corrected chi connectivity index (χ1v) is 15.8. The molecule has 0 N–H and O–H groups in total. The Morgan fingerprint density at radius 2 is 1.84 bits per heavy atom. The van der Waals surface area contributed by atoms with Crippen LogP contribution in [-0.4, -0.2) is 58.1 Å². The molecule has 1 fully saturated rings. The van der Waals surface area contributed by atoms with Crippen molar-refractivity contribution in [3.63, 3.8) is 0 Å². The van der Waals surface area contributed by atoms with E-state index in [1.165, 1.54) is 11.1 Å². The largest absolute Gasteiger partial charge is 0.464 e. The number of piperidine rings is 1. The van der Waals surface area contributed by atoms with Crippen LogP contribution in [0, 0.1) is 6.92 Å². The second-order valence-corrected chi connectivity index (χ2v) is 13.1. The maximum Gasteiger partial charge on any atom is 0.340 e. The summed E-state index contributed by atoms with van der Waals surface area (Å²) in [5.74, 6) is 0.398. The van der Waals surface area contributed by atoms with Crippen molar-refractivity contribution in [2.24, 2.45) is 0 Å². The first kappa shape index (κ1) is 31.4. The third kappa shape index (κ3) is 7.56. The number of esters is 1. The predicted octanol–water partition coefficient (Wildman–Crippen LogP) is 6.28. The molecule has 9 nitrogen and oxygen atoms in total. The number of fused-ring (bicyclic) bond motifs is 9. The van der Waals surface area contributed by atoms with Gasteiger partial charge in [0, 0.05) is 31.5 Å². The third-order valence-electron chi connectivity index (χ3n) is 8.38. The molecule has 4 bridgehead atoms. The number of ether oxygens (including phenoxy) is 4. The van der Waals surface area contributed by atoms with Gasteiger partial charge in [0.2, 0.25) is 0 Å². The first-order chi connectivity index (χ1) is 20.6. The third-order valence-corrected chi connectivity index (χ3v) is 8.38. The van der Waals surface area contributed by atoms with E-state index in [1.54, 1.807) is 0 Å². The Hall–Kier alpha value is -3.01. The van der Waals surface area contributed by atoms with Crippen molar-refractivity contribution in [1.29, 1.82) is 0 Å². The number of carbonyl (C=O) groups excluding carboxylic acids is 1. The zero-order valence-electron chi connectivity index (χ0n) is 26.8. The van der Waals surface area contributed by atoms with Gasteiger partial charge in [-0.15, -0.1) is 0 Å². The molecule has 9 heteroatoms. The molecular weight excluding hydrogens is 544 g/mol. The number of anilines is 1. The van der Waals surface area contributed by atoms with Gasteiger partial charge in [0.25, 0.3) is 0 Å². The van der Waals surface area contributed by atoms with Gasteiger partial charge in [-0.1, -0.05) is 30.7 Å². The molecule has 43 heavy (non-hydrogen) atoms. The first-order valence-electron chi connectivity index (χ1n) is 15.8. The molecule has 0 unspecified atom stereocenters. The maximum absolute atomic E-state index is 13.4. The van der Waals surface area contributed by atoms with Gasteiger partial charge >= 0.3 is 5.97 Å². The van der Waals surface area contributed by atoms with Gasteiger partial charge < -0.3 is 23.8 Å². The molecule has 1 atom stereocenters. The van der Waals surface area contributed by atoms with E-state index in [2.05, 4.69) is 36.1 Å². The van der Waals surface area contributed by atoms with E-state index in [4.69, 9.17) is 29.0 Å². The minimum Gasteiger partial charge on any atom is -0.464 e. The molecule has 1 aromatic carbocycles. The van der Waals surface area contributed by atoms with Crippen molar-refractivity contribution >= 4 is 17.4 Å². The van der Waals surface area contributed by atoms with Gasteiger partial charge in [0.1, 0.15) is 5.82 Å². The van der Waals surface area contributed by atoms with Gasteiger partial charge in [-0.25, -0.2) is 9.78 Å². The van der Waals surface area contributed by atoms with Crippen LogP contribution in [0.25, 0.3) is 5.65 Å². The average Bonchev–Trinajstić information content (AvgIpc) is 3.35. The maximum atomic E-state index is 13.4. The highest BCUT2D eigenvalue weighted by molar-refractivity contribution is 5.80. The number of carbonyl (C=O) groups is 1. The fraction of sp³-hybridized carbons (Fsp3) is 0.618. The van der Waals surface area contributed by atoms with Crippen LogP contribution < -0.4 is 4.90 Å². The summed E-state index contributed by atoms with van der Waals surface area (Å²) in [5.41, 5.74) is 4.68. The lowest BCUT2D eigenvalue weighted by Crippen LogP contribution is -2.46. The molecule has 6 rings (SSSR count). The van der Waals surface area contributed by atoms with Crippen LogP contribution in [0.15, 0.2) is 30.3 Å². The molecule has 234 valence electrons. The van der Waals surface area contributed by atoms with Gasteiger partial charge in [-0.2, -0.15) is 9.61 Å². The number of benzene rings is 1. The van der Waals surface area contributed by atoms with Crippen molar-refractivity contribution in [1.82, 2.24) is 14.6 Å². The lowest BCUT2D eigenvalue weighted by molar-refractivity contribution is -0.166. The van der Waals surface area contributed by atoms with E-state index >= 15 is 0 Å². The minimum atomic E-state index is -0.946. The molecule has 3 aromatic rings. The molecule has 1 saturated heterocycles. The van der Waals surface area contributed by atoms with E-state index < -0.39 is 17.7 Å². The molecule has 0 spiro atoms. The van der Waals surface area contributed by atoms with Gasteiger partial charge in [-0.3, -0.25) is 0 Å². The van der Waals surface area contributed by atoms with Gasteiger partial charge in [0.05, 0.1) is 42.3 Å². The lowest BCUT2D eigenvalue weighted by Gasteiger charge is -2.41. The minimum absolute atomic E-state index is 0.195. The molecule has 0 saturated carbocycles. The van der Waals surface area contributed by atoms with Crippen LogP contribution in [0.5, 0.6) is 0 Å². The lowest BCUT2D eigenvalue weighted by atomic mass is 9.92. The number of aryl methyl sites for hydroxylation is 2. The zero-order chi connectivity index (χ0) is 30.6.